The number of ether oxygens (including phenoxy) is 1. The second-order valence-electron chi connectivity index (χ2n) is 15.4. The van der Waals surface area contributed by atoms with Gasteiger partial charge in [0.15, 0.2) is 0 Å². The average Bonchev–Trinajstić information content (AvgIpc) is 3.01. The highest BCUT2D eigenvalue weighted by Crippen LogP contribution is 2.78. The molecule has 1 heterocycles. The molecule has 1 saturated heterocycles. The van der Waals surface area contributed by atoms with Gasteiger partial charge < -0.3 is 9.94 Å². The van der Waals surface area contributed by atoms with Gasteiger partial charge in [0.05, 0.1) is 11.1 Å². The first-order valence-electron chi connectivity index (χ1n) is 14.2. The lowest BCUT2D eigenvalue weighted by Crippen LogP contribution is -2.67. The second kappa shape index (κ2) is 6.62. The van der Waals surface area contributed by atoms with E-state index in [-0.39, 0.29) is 44.6 Å². The van der Waals surface area contributed by atoms with Gasteiger partial charge in [-0.15, -0.1) is 0 Å². The third kappa shape index (κ3) is 2.43. The molecule has 1 N–H and O–H groups in total. The predicted molar refractivity (Wildman–Crippen MR) is 134 cm³/mol. The fourth-order valence-corrected chi connectivity index (χ4v) is 11.8. The fourth-order valence-electron chi connectivity index (χ4n) is 11.8. The maximum atomic E-state index is 13.4. The first-order chi connectivity index (χ1) is 15.8. The molecule has 5 aliphatic carbocycles. The minimum Gasteiger partial charge on any atom is -0.461 e. The van der Waals surface area contributed by atoms with Gasteiger partial charge in [0, 0.05) is 16.7 Å². The van der Waals surface area contributed by atoms with Crippen molar-refractivity contribution in [3.63, 3.8) is 0 Å². The Labute approximate surface area is 206 Å². The molecule has 0 aromatic heterocycles. The van der Waals surface area contributed by atoms with E-state index >= 15 is 0 Å². The lowest BCUT2D eigenvalue weighted by molar-refractivity contribution is -0.235. The minimum atomic E-state index is -0.200. The molecule has 6 fully saturated rings. The molecule has 4 heteroatoms. The van der Waals surface area contributed by atoms with Gasteiger partial charge in [-0.3, -0.25) is 4.79 Å². The molecule has 0 aromatic carbocycles. The van der Waals surface area contributed by atoms with Crippen molar-refractivity contribution in [2.45, 2.75) is 119 Å². The van der Waals surface area contributed by atoms with E-state index in [9.17, 15) is 10.0 Å². The molecule has 9 atom stereocenters. The van der Waals surface area contributed by atoms with Crippen LogP contribution in [0.2, 0.25) is 0 Å². The highest BCUT2D eigenvalue weighted by molar-refractivity contribution is 5.90. The third-order valence-electron chi connectivity index (χ3n) is 14.0. The maximum absolute atomic E-state index is 13.4. The molecule has 4 nitrogen and oxygen atoms in total. The quantitative estimate of drug-likeness (QED) is 0.231. The molecule has 0 spiro atoms. The first-order valence-corrected chi connectivity index (χ1v) is 14.2. The van der Waals surface area contributed by atoms with E-state index in [2.05, 4.69) is 53.6 Å². The van der Waals surface area contributed by atoms with E-state index < -0.39 is 0 Å². The number of esters is 1. The summed E-state index contributed by atoms with van der Waals surface area (Å²) in [6, 6.07) is 0. The van der Waals surface area contributed by atoms with Crippen LogP contribution < -0.4 is 0 Å². The van der Waals surface area contributed by atoms with Crippen LogP contribution in [0, 0.1) is 56.2 Å². The van der Waals surface area contributed by atoms with E-state index in [0.29, 0.717) is 23.7 Å². The molecule has 6 rings (SSSR count). The molecule has 190 valence electrons. The van der Waals surface area contributed by atoms with Crippen molar-refractivity contribution in [1.82, 2.24) is 0 Å². The van der Waals surface area contributed by atoms with Gasteiger partial charge in [0.25, 0.3) is 0 Å². The van der Waals surface area contributed by atoms with Crippen LogP contribution in [0.25, 0.3) is 0 Å². The number of nitrogens with zero attached hydrogens (tertiary/aromatic N) is 1. The van der Waals surface area contributed by atoms with Crippen LogP contribution in [0.5, 0.6) is 0 Å². The summed E-state index contributed by atoms with van der Waals surface area (Å²) in [5.74, 6) is 2.40. The van der Waals surface area contributed by atoms with Crippen molar-refractivity contribution in [2.75, 3.05) is 0 Å². The molecule has 5 saturated carbocycles. The highest BCUT2D eigenvalue weighted by Gasteiger charge is 2.75. The SMILES string of the molecule is CC1(C)CC[C@@]23CC[C@]4(C)[C@H](CC[C@@H]5[C@@]6(C)CC/C(=N/O)C(C)(C)[C@H]6CC[C@]54C)[C@@H]2[C@@H]1OC3=O. The Bertz CT molecular complexity index is 953. The average molecular weight is 470 g/mol. The third-order valence-corrected chi connectivity index (χ3v) is 14.0. The number of hydrogen-bond donors (Lipinski definition) is 1. The van der Waals surface area contributed by atoms with Gasteiger partial charge in [-0.2, -0.15) is 0 Å². The smallest absolute Gasteiger partial charge is 0.312 e. The predicted octanol–water partition coefficient (Wildman–Crippen LogP) is 7.23. The summed E-state index contributed by atoms with van der Waals surface area (Å²) < 4.78 is 6.28. The number of hydrogen-bond acceptors (Lipinski definition) is 4. The van der Waals surface area contributed by atoms with E-state index in [1.807, 2.05) is 0 Å². The topological polar surface area (TPSA) is 58.9 Å². The molecule has 0 aromatic rings. The maximum Gasteiger partial charge on any atom is 0.312 e. The molecular formula is C30H47NO3. The summed E-state index contributed by atoms with van der Waals surface area (Å²) in [5, 5.41) is 13.5. The zero-order valence-corrected chi connectivity index (χ0v) is 22.7. The Kier molecular flexibility index (Phi) is 4.55. The van der Waals surface area contributed by atoms with Crippen LogP contribution in [0.15, 0.2) is 5.16 Å². The molecule has 2 bridgehead atoms. The van der Waals surface area contributed by atoms with Crippen LogP contribution >= 0.6 is 0 Å². The molecule has 0 amide bonds. The Morgan fingerprint density at radius 3 is 2.24 bits per heavy atom. The summed E-state index contributed by atoms with van der Waals surface area (Å²) in [5.41, 5.74) is 1.69. The Hall–Kier alpha value is -1.06. The monoisotopic (exact) mass is 469 g/mol. The summed E-state index contributed by atoms with van der Waals surface area (Å²) >= 11 is 0. The number of oxime groups is 1. The van der Waals surface area contributed by atoms with Gasteiger partial charge in [-0.1, -0.05) is 53.6 Å². The minimum absolute atomic E-state index is 0.0375. The van der Waals surface area contributed by atoms with Crippen molar-refractivity contribution in [2.24, 2.45) is 61.3 Å². The number of rotatable bonds is 0. The van der Waals surface area contributed by atoms with E-state index in [4.69, 9.17) is 4.74 Å². The van der Waals surface area contributed by atoms with Crippen molar-refractivity contribution in [3.05, 3.63) is 0 Å². The van der Waals surface area contributed by atoms with Crippen molar-refractivity contribution < 1.29 is 14.7 Å². The number of fused-ring (bicyclic) bond motifs is 5. The highest BCUT2D eigenvalue weighted by atomic mass is 16.6. The van der Waals surface area contributed by atoms with Crippen LogP contribution in [0.1, 0.15) is 113 Å². The van der Waals surface area contributed by atoms with Gasteiger partial charge >= 0.3 is 5.97 Å². The second-order valence-corrected chi connectivity index (χ2v) is 15.4. The Balaban J connectivity index is 1.41. The fraction of sp³-hybridized carbons (Fsp3) is 0.933. The van der Waals surface area contributed by atoms with Crippen molar-refractivity contribution in [1.29, 1.82) is 0 Å². The number of carbonyl (C=O) groups excluding carboxylic acids is 1. The lowest BCUT2D eigenvalue weighted by Gasteiger charge is -2.72. The summed E-state index contributed by atoms with van der Waals surface area (Å²) in [4.78, 5) is 13.4. The zero-order valence-electron chi connectivity index (χ0n) is 22.7. The molecular weight excluding hydrogens is 422 g/mol. The molecule has 0 radical (unpaired) electrons. The molecule has 1 aliphatic heterocycles. The normalized spacial score (nSPS) is 56.0. The molecule has 34 heavy (non-hydrogen) atoms. The molecule has 6 aliphatic rings. The first kappa shape index (κ1) is 23.3. The Morgan fingerprint density at radius 2 is 1.53 bits per heavy atom. The van der Waals surface area contributed by atoms with Crippen molar-refractivity contribution in [3.8, 4) is 0 Å². The standard InChI is InChI=1S/C30H47NO3/c1-25(2)14-16-30-17-15-28(6)18(22(30)23(25)34-24(30)32)8-9-20-27(5)12-11-21(31-33)26(3,4)19(27)10-13-29(20,28)7/h18-20,22-23,33H,8-17H2,1-7H3/b31-21-/t18-,19-,20-,22-,23+,27+,28-,29-,30-/m1/s1. The number of carbonyl (C=O) groups is 1. The van der Waals surface area contributed by atoms with E-state index in [1.165, 1.54) is 32.1 Å². The van der Waals surface area contributed by atoms with Gasteiger partial charge in [0.2, 0.25) is 0 Å². The molecule has 0 unspecified atom stereocenters. The lowest BCUT2D eigenvalue weighted by atomic mass is 9.31. The van der Waals surface area contributed by atoms with Crippen LogP contribution in [0.3, 0.4) is 0 Å². The summed E-state index contributed by atoms with van der Waals surface area (Å²) in [6.45, 7) is 17.2. The van der Waals surface area contributed by atoms with E-state index in [0.717, 1.165) is 37.8 Å². The van der Waals surface area contributed by atoms with Gasteiger partial charge in [0.1, 0.15) is 6.10 Å². The zero-order chi connectivity index (χ0) is 24.5. The Morgan fingerprint density at radius 1 is 0.824 bits per heavy atom. The van der Waals surface area contributed by atoms with Crippen LogP contribution in [-0.4, -0.2) is 23.0 Å². The van der Waals surface area contributed by atoms with Gasteiger partial charge in [-0.05, 0) is 98.2 Å². The van der Waals surface area contributed by atoms with Crippen LogP contribution in [0.4, 0.5) is 0 Å². The summed E-state index contributed by atoms with van der Waals surface area (Å²) in [7, 11) is 0. The van der Waals surface area contributed by atoms with E-state index in [1.54, 1.807) is 0 Å². The van der Waals surface area contributed by atoms with Crippen LogP contribution in [-0.2, 0) is 9.53 Å². The van der Waals surface area contributed by atoms with Gasteiger partial charge in [-0.25, -0.2) is 0 Å². The largest absolute Gasteiger partial charge is 0.461 e. The summed E-state index contributed by atoms with van der Waals surface area (Å²) in [6.07, 6.45) is 11.5. The van der Waals surface area contributed by atoms with Crippen molar-refractivity contribution >= 4 is 11.7 Å².